The quantitative estimate of drug-likeness (QED) is 0.734. The van der Waals surface area contributed by atoms with Crippen molar-refractivity contribution in [2.24, 2.45) is 0 Å². The van der Waals surface area contributed by atoms with Crippen molar-refractivity contribution >= 4 is 16.7 Å². The van der Waals surface area contributed by atoms with Gasteiger partial charge in [0.1, 0.15) is 11.7 Å². The van der Waals surface area contributed by atoms with Crippen molar-refractivity contribution in [3.63, 3.8) is 0 Å². The third-order valence-electron chi connectivity index (χ3n) is 3.57. The highest BCUT2D eigenvalue weighted by molar-refractivity contribution is 5.93. The SMILES string of the molecule is N#Cc1c(N2CCCCC2)c2ccccc2oc1=O. The van der Waals surface area contributed by atoms with Crippen LogP contribution in [0.15, 0.2) is 33.5 Å². The van der Waals surface area contributed by atoms with Gasteiger partial charge in [0.2, 0.25) is 0 Å². The molecule has 1 aliphatic heterocycles. The highest BCUT2D eigenvalue weighted by atomic mass is 16.4. The van der Waals surface area contributed by atoms with Gasteiger partial charge in [-0.25, -0.2) is 4.79 Å². The minimum atomic E-state index is -0.540. The average molecular weight is 254 g/mol. The summed E-state index contributed by atoms with van der Waals surface area (Å²) in [7, 11) is 0. The van der Waals surface area contributed by atoms with Gasteiger partial charge in [-0.1, -0.05) is 12.1 Å². The fraction of sp³-hybridized carbons (Fsp3) is 0.333. The number of rotatable bonds is 1. The summed E-state index contributed by atoms with van der Waals surface area (Å²) >= 11 is 0. The van der Waals surface area contributed by atoms with E-state index >= 15 is 0 Å². The van der Waals surface area contributed by atoms with Crippen molar-refractivity contribution < 1.29 is 4.42 Å². The zero-order valence-electron chi connectivity index (χ0n) is 10.6. The van der Waals surface area contributed by atoms with Crippen LogP contribution in [0.1, 0.15) is 24.8 Å². The molecule has 0 saturated carbocycles. The first-order valence-corrected chi connectivity index (χ1v) is 6.52. The summed E-state index contributed by atoms with van der Waals surface area (Å²) < 4.78 is 5.21. The van der Waals surface area contributed by atoms with Gasteiger partial charge in [0.25, 0.3) is 0 Å². The summed E-state index contributed by atoms with van der Waals surface area (Å²) in [6, 6.07) is 9.41. The fourth-order valence-corrected chi connectivity index (χ4v) is 2.68. The lowest BCUT2D eigenvalue weighted by Crippen LogP contribution is -2.31. The molecule has 1 fully saturated rings. The van der Waals surface area contributed by atoms with E-state index in [1.807, 2.05) is 24.3 Å². The van der Waals surface area contributed by atoms with E-state index in [0.29, 0.717) is 5.58 Å². The summed E-state index contributed by atoms with van der Waals surface area (Å²) in [5.41, 5.74) is 0.878. The van der Waals surface area contributed by atoms with Gasteiger partial charge in [-0.2, -0.15) is 5.26 Å². The van der Waals surface area contributed by atoms with Crippen molar-refractivity contribution in [2.45, 2.75) is 19.3 Å². The van der Waals surface area contributed by atoms with Crippen molar-refractivity contribution in [3.8, 4) is 6.07 Å². The molecule has 1 saturated heterocycles. The lowest BCUT2D eigenvalue weighted by atomic mass is 10.1. The lowest BCUT2D eigenvalue weighted by Gasteiger charge is -2.29. The molecule has 0 radical (unpaired) electrons. The molecular formula is C15H14N2O2. The number of benzene rings is 1. The van der Waals surface area contributed by atoms with Crippen LogP contribution in [-0.4, -0.2) is 13.1 Å². The number of nitriles is 1. The van der Waals surface area contributed by atoms with E-state index in [2.05, 4.69) is 4.90 Å². The molecule has 1 aromatic carbocycles. The second-order valence-electron chi connectivity index (χ2n) is 4.77. The van der Waals surface area contributed by atoms with E-state index in [1.165, 1.54) is 6.42 Å². The second-order valence-corrected chi connectivity index (χ2v) is 4.77. The Hall–Kier alpha value is -2.28. The maximum atomic E-state index is 11.9. The first kappa shape index (κ1) is 11.8. The third kappa shape index (κ3) is 1.97. The number of hydrogen-bond donors (Lipinski definition) is 0. The molecule has 96 valence electrons. The Labute approximate surface area is 110 Å². The van der Waals surface area contributed by atoms with Gasteiger partial charge in [-0.15, -0.1) is 0 Å². The number of hydrogen-bond acceptors (Lipinski definition) is 4. The van der Waals surface area contributed by atoms with Crippen LogP contribution in [0.3, 0.4) is 0 Å². The number of para-hydroxylation sites is 1. The Morgan fingerprint density at radius 3 is 2.63 bits per heavy atom. The number of fused-ring (bicyclic) bond motifs is 1. The molecule has 0 N–H and O–H groups in total. The molecule has 0 bridgehead atoms. The zero-order chi connectivity index (χ0) is 13.2. The first-order chi connectivity index (χ1) is 9.31. The highest BCUT2D eigenvalue weighted by Crippen LogP contribution is 2.30. The van der Waals surface area contributed by atoms with Gasteiger partial charge in [-0.05, 0) is 31.4 Å². The summed E-state index contributed by atoms with van der Waals surface area (Å²) in [4.78, 5) is 14.1. The molecule has 0 aliphatic carbocycles. The van der Waals surface area contributed by atoms with Gasteiger partial charge < -0.3 is 9.32 Å². The average Bonchev–Trinajstić information content (AvgIpc) is 2.46. The van der Waals surface area contributed by atoms with Crippen molar-refractivity contribution in [1.82, 2.24) is 0 Å². The summed E-state index contributed by atoms with van der Waals surface area (Å²) in [6.07, 6.45) is 3.40. The van der Waals surface area contributed by atoms with Crippen LogP contribution in [0.2, 0.25) is 0 Å². The predicted molar refractivity (Wildman–Crippen MR) is 73.3 cm³/mol. The zero-order valence-corrected chi connectivity index (χ0v) is 10.6. The van der Waals surface area contributed by atoms with Crippen molar-refractivity contribution in [2.75, 3.05) is 18.0 Å². The van der Waals surface area contributed by atoms with E-state index < -0.39 is 5.63 Å². The monoisotopic (exact) mass is 254 g/mol. The molecular weight excluding hydrogens is 240 g/mol. The van der Waals surface area contributed by atoms with Gasteiger partial charge in [0, 0.05) is 18.5 Å². The van der Waals surface area contributed by atoms with Crippen LogP contribution in [0.5, 0.6) is 0 Å². The van der Waals surface area contributed by atoms with Crippen LogP contribution in [0.4, 0.5) is 5.69 Å². The lowest BCUT2D eigenvalue weighted by molar-refractivity contribution is 0.550. The molecule has 0 unspecified atom stereocenters. The topological polar surface area (TPSA) is 57.2 Å². The number of anilines is 1. The Bertz CT molecular complexity index is 706. The number of piperidine rings is 1. The van der Waals surface area contributed by atoms with Gasteiger partial charge >= 0.3 is 5.63 Å². The molecule has 0 atom stereocenters. The van der Waals surface area contributed by atoms with Crippen molar-refractivity contribution in [3.05, 3.63) is 40.2 Å². The van der Waals surface area contributed by atoms with E-state index in [0.717, 1.165) is 37.0 Å². The van der Waals surface area contributed by atoms with Crippen LogP contribution in [0, 0.1) is 11.3 Å². The maximum absolute atomic E-state index is 11.9. The van der Waals surface area contributed by atoms with Crippen LogP contribution >= 0.6 is 0 Å². The molecule has 1 aliphatic rings. The van der Waals surface area contributed by atoms with Crippen LogP contribution in [0.25, 0.3) is 11.0 Å². The molecule has 4 heteroatoms. The molecule has 0 spiro atoms. The molecule has 2 aromatic rings. The molecule has 19 heavy (non-hydrogen) atoms. The second kappa shape index (κ2) is 4.77. The van der Waals surface area contributed by atoms with E-state index in [1.54, 1.807) is 6.07 Å². The third-order valence-corrected chi connectivity index (χ3v) is 3.57. The maximum Gasteiger partial charge on any atom is 0.356 e. The summed E-state index contributed by atoms with van der Waals surface area (Å²) in [5, 5.41) is 10.1. The molecule has 1 aromatic heterocycles. The summed E-state index contributed by atoms with van der Waals surface area (Å²) in [6.45, 7) is 1.78. The normalized spacial score (nSPS) is 15.4. The Morgan fingerprint density at radius 2 is 1.89 bits per heavy atom. The first-order valence-electron chi connectivity index (χ1n) is 6.52. The standard InChI is InChI=1S/C15H14N2O2/c16-10-12-14(17-8-4-1-5-9-17)11-6-2-3-7-13(11)19-15(12)18/h2-3,6-7H,1,4-5,8-9H2. The van der Waals surface area contributed by atoms with Crippen LogP contribution in [-0.2, 0) is 0 Å². The molecule has 2 heterocycles. The summed E-state index contributed by atoms with van der Waals surface area (Å²) in [5.74, 6) is 0. The van der Waals surface area contributed by atoms with Gasteiger partial charge in [0.15, 0.2) is 5.56 Å². The largest absolute Gasteiger partial charge is 0.422 e. The van der Waals surface area contributed by atoms with E-state index in [4.69, 9.17) is 4.42 Å². The highest BCUT2D eigenvalue weighted by Gasteiger charge is 2.21. The van der Waals surface area contributed by atoms with E-state index in [-0.39, 0.29) is 5.56 Å². The molecule has 4 nitrogen and oxygen atoms in total. The van der Waals surface area contributed by atoms with Crippen LogP contribution < -0.4 is 10.5 Å². The minimum absolute atomic E-state index is 0.126. The molecule has 0 amide bonds. The molecule has 3 rings (SSSR count). The predicted octanol–water partition coefficient (Wildman–Crippen LogP) is 2.65. The smallest absolute Gasteiger partial charge is 0.356 e. The van der Waals surface area contributed by atoms with Crippen molar-refractivity contribution in [1.29, 1.82) is 5.26 Å². The minimum Gasteiger partial charge on any atom is -0.422 e. The van der Waals surface area contributed by atoms with Gasteiger partial charge in [-0.3, -0.25) is 0 Å². The number of nitrogens with zero attached hydrogens (tertiary/aromatic N) is 2. The van der Waals surface area contributed by atoms with E-state index in [9.17, 15) is 10.1 Å². The van der Waals surface area contributed by atoms with Gasteiger partial charge in [0.05, 0.1) is 5.69 Å². The Balaban J connectivity index is 2.30. The fourth-order valence-electron chi connectivity index (χ4n) is 2.68. The Morgan fingerprint density at radius 1 is 1.16 bits per heavy atom. The Kier molecular flexibility index (Phi) is 2.96.